The smallest absolute Gasteiger partial charge is 0.136 e. The van der Waals surface area contributed by atoms with Crippen molar-refractivity contribution in [1.29, 1.82) is 0 Å². The number of aromatic nitrogens is 2. The van der Waals surface area contributed by atoms with Gasteiger partial charge in [0.25, 0.3) is 0 Å². The normalized spacial score (nSPS) is 14.6. The Bertz CT molecular complexity index is 393. The van der Waals surface area contributed by atoms with Crippen LogP contribution in [-0.4, -0.2) is 44.3 Å². The summed E-state index contributed by atoms with van der Waals surface area (Å²) in [6.45, 7) is 1.72. The van der Waals surface area contributed by atoms with Gasteiger partial charge < -0.3 is 15.0 Å². The fourth-order valence-electron chi connectivity index (χ4n) is 1.86. The van der Waals surface area contributed by atoms with Crippen molar-refractivity contribution in [1.82, 2.24) is 9.97 Å². The second-order valence-corrected chi connectivity index (χ2v) is 4.76. The summed E-state index contributed by atoms with van der Waals surface area (Å²) in [6.07, 6.45) is 3.45. The lowest BCUT2D eigenvalue weighted by Gasteiger charge is -2.19. The highest BCUT2D eigenvalue weighted by molar-refractivity contribution is 5.49. The number of rotatable bonds is 7. The molecule has 0 aromatic carbocycles. The molecule has 0 unspecified atom stereocenters. The van der Waals surface area contributed by atoms with Crippen LogP contribution in [-0.2, 0) is 4.74 Å². The molecule has 1 aromatic heterocycles. The minimum Gasteiger partial charge on any atom is -0.385 e. The third kappa shape index (κ3) is 3.32. The highest BCUT2D eigenvalue weighted by Gasteiger charge is 2.27. The first-order valence-corrected chi connectivity index (χ1v) is 6.51. The molecule has 0 atom stereocenters. The average molecular weight is 250 g/mol. The van der Waals surface area contributed by atoms with E-state index in [1.54, 1.807) is 7.11 Å². The Balaban J connectivity index is 2.07. The van der Waals surface area contributed by atoms with Crippen LogP contribution in [0.5, 0.6) is 0 Å². The van der Waals surface area contributed by atoms with Gasteiger partial charge in [0.2, 0.25) is 0 Å². The van der Waals surface area contributed by atoms with E-state index < -0.39 is 0 Å². The van der Waals surface area contributed by atoms with E-state index in [-0.39, 0.29) is 0 Å². The van der Waals surface area contributed by atoms with Crippen LogP contribution in [0.3, 0.4) is 0 Å². The molecule has 0 amide bonds. The molecule has 1 aliphatic carbocycles. The van der Waals surface area contributed by atoms with Gasteiger partial charge in [-0.25, -0.2) is 9.97 Å². The molecule has 0 bridgehead atoms. The first-order chi connectivity index (χ1) is 8.74. The van der Waals surface area contributed by atoms with Gasteiger partial charge in [-0.2, -0.15) is 0 Å². The molecule has 0 aliphatic heterocycles. The van der Waals surface area contributed by atoms with Crippen molar-refractivity contribution in [3.05, 3.63) is 11.9 Å². The van der Waals surface area contributed by atoms with Crippen molar-refractivity contribution >= 4 is 11.6 Å². The molecule has 0 spiro atoms. The van der Waals surface area contributed by atoms with Gasteiger partial charge in [0, 0.05) is 46.3 Å². The molecular formula is C13H22N4O. The van der Waals surface area contributed by atoms with Crippen LogP contribution >= 0.6 is 0 Å². The molecule has 1 aliphatic rings. The average Bonchev–Trinajstić information content (AvgIpc) is 3.22. The summed E-state index contributed by atoms with van der Waals surface area (Å²) in [5.74, 6) is 3.45. The Labute approximate surface area is 109 Å². The van der Waals surface area contributed by atoms with E-state index in [1.807, 2.05) is 13.1 Å². The predicted octanol–water partition coefficient (Wildman–Crippen LogP) is 1.87. The lowest BCUT2D eigenvalue weighted by Crippen LogP contribution is -2.21. The molecule has 5 heteroatoms. The highest BCUT2D eigenvalue weighted by Crippen LogP contribution is 2.39. The van der Waals surface area contributed by atoms with Crippen LogP contribution in [0.25, 0.3) is 0 Å². The molecule has 1 fully saturated rings. The number of hydrogen-bond acceptors (Lipinski definition) is 5. The zero-order valence-electron chi connectivity index (χ0n) is 11.4. The number of anilines is 2. The molecule has 1 heterocycles. The van der Waals surface area contributed by atoms with E-state index in [0.717, 1.165) is 37.0 Å². The number of hydrogen-bond donors (Lipinski definition) is 1. The van der Waals surface area contributed by atoms with E-state index in [1.165, 1.54) is 12.8 Å². The quantitative estimate of drug-likeness (QED) is 0.749. The maximum atomic E-state index is 5.07. The fourth-order valence-corrected chi connectivity index (χ4v) is 1.86. The van der Waals surface area contributed by atoms with Gasteiger partial charge >= 0.3 is 0 Å². The second kappa shape index (κ2) is 6.00. The fraction of sp³-hybridized carbons (Fsp3) is 0.692. The minimum atomic E-state index is 0.574. The maximum Gasteiger partial charge on any atom is 0.136 e. The summed E-state index contributed by atoms with van der Waals surface area (Å²) >= 11 is 0. The van der Waals surface area contributed by atoms with E-state index in [0.29, 0.717) is 5.92 Å². The largest absolute Gasteiger partial charge is 0.385 e. The number of ether oxygens (including phenoxy) is 1. The number of nitrogens with zero attached hydrogens (tertiary/aromatic N) is 3. The topological polar surface area (TPSA) is 50.3 Å². The van der Waals surface area contributed by atoms with E-state index in [2.05, 4.69) is 27.2 Å². The third-order valence-corrected chi connectivity index (χ3v) is 3.16. The van der Waals surface area contributed by atoms with Gasteiger partial charge in [-0.3, -0.25) is 0 Å². The molecule has 0 saturated heterocycles. The molecular weight excluding hydrogens is 228 g/mol. The van der Waals surface area contributed by atoms with Crippen LogP contribution in [0.15, 0.2) is 6.07 Å². The van der Waals surface area contributed by atoms with Gasteiger partial charge in [-0.05, 0) is 19.3 Å². The van der Waals surface area contributed by atoms with Crippen LogP contribution < -0.4 is 10.2 Å². The van der Waals surface area contributed by atoms with Gasteiger partial charge in [0.15, 0.2) is 0 Å². The van der Waals surface area contributed by atoms with E-state index in [9.17, 15) is 0 Å². The minimum absolute atomic E-state index is 0.574. The van der Waals surface area contributed by atoms with Crippen molar-refractivity contribution in [2.45, 2.75) is 25.2 Å². The number of nitrogens with one attached hydrogen (secondary N) is 1. The molecule has 5 nitrogen and oxygen atoms in total. The number of methoxy groups -OCH3 is 1. The van der Waals surface area contributed by atoms with Crippen molar-refractivity contribution in [3.63, 3.8) is 0 Å². The molecule has 0 radical (unpaired) electrons. The summed E-state index contributed by atoms with van der Waals surface area (Å²) < 4.78 is 5.07. The molecule has 100 valence electrons. The van der Waals surface area contributed by atoms with Crippen LogP contribution in [0.1, 0.15) is 31.0 Å². The standard InChI is InChI=1S/C13H22N4O/c1-14-11-9-12(17(2)7-4-8-18-3)16-13(15-11)10-5-6-10/h9-10H,4-8H2,1-3H3,(H,14,15,16). The summed E-state index contributed by atoms with van der Waals surface area (Å²) in [4.78, 5) is 11.3. The van der Waals surface area contributed by atoms with Crippen molar-refractivity contribution < 1.29 is 4.74 Å². The Hall–Kier alpha value is -1.36. The lowest BCUT2D eigenvalue weighted by atomic mass is 10.3. The monoisotopic (exact) mass is 250 g/mol. The Morgan fingerprint density at radius 2 is 2.22 bits per heavy atom. The molecule has 1 N–H and O–H groups in total. The van der Waals surface area contributed by atoms with E-state index in [4.69, 9.17) is 4.74 Å². The van der Waals surface area contributed by atoms with Crippen LogP contribution in [0.2, 0.25) is 0 Å². The van der Waals surface area contributed by atoms with Gasteiger partial charge in [-0.1, -0.05) is 0 Å². The SMILES string of the molecule is CNc1cc(N(C)CCCOC)nc(C2CC2)n1. The summed E-state index contributed by atoms with van der Waals surface area (Å²) in [5, 5.41) is 3.11. The lowest BCUT2D eigenvalue weighted by molar-refractivity contribution is 0.196. The molecule has 1 aromatic rings. The summed E-state index contributed by atoms with van der Waals surface area (Å²) in [6, 6.07) is 2.00. The first-order valence-electron chi connectivity index (χ1n) is 6.51. The van der Waals surface area contributed by atoms with Gasteiger partial charge in [0.05, 0.1) is 0 Å². The van der Waals surface area contributed by atoms with Crippen molar-refractivity contribution in [2.24, 2.45) is 0 Å². The van der Waals surface area contributed by atoms with Gasteiger partial charge in [0.1, 0.15) is 17.5 Å². The Morgan fingerprint density at radius 3 is 2.83 bits per heavy atom. The predicted molar refractivity (Wildman–Crippen MR) is 73.3 cm³/mol. The molecule has 18 heavy (non-hydrogen) atoms. The second-order valence-electron chi connectivity index (χ2n) is 4.76. The van der Waals surface area contributed by atoms with Crippen molar-refractivity contribution in [3.8, 4) is 0 Å². The highest BCUT2D eigenvalue weighted by atomic mass is 16.5. The van der Waals surface area contributed by atoms with Crippen molar-refractivity contribution in [2.75, 3.05) is 44.6 Å². The van der Waals surface area contributed by atoms with Crippen LogP contribution in [0, 0.1) is 0 Å². The van der Waals surface area contributed by atoms with Crippen LogP contribution in [0.4, 0.5) is 11.6 Å². The third-order valence-electron chi connectivity index (χ3n) is 3.16. The zero-order chi connectivity index (χ0) is 13.0. The summed E-state index contributed by atoms with van der Waals surface area (Å²) in [5.41, 5.74) is 0. The summed E-state index contributed by atoms with van der Waals surface area (Å²) in [7, 11) is 5.69. The van der Waals surface area contributed by atoms with Gasteiger partial charge in [-0.15, -0.1) is 0 Å². The van der Waals surface area contributed by atoms with E-state index >= 15 is 0 Å². The molecule has 1 saturated carbocycles. The Morgan fingerprint density at radius 1 is 1.44 bits per heavy atom. The first kappa shape index (κ1) is 13.1. The molecule has 2 rings (SSSR count). The maximum absolute atomic E-state index is 5.07. The Kier molecular flexibility index (Phi) is 4.36. The zero-order valence-corrected chi connectivity index (χ0v) is 11.4.